The fourth-order valence-corrected chi connectivity index (χ4v) is 5.59. The number of aliphatic hydroxyl groups is 2. The number of fused-ring (bicyclic) bond motifs is 3. The third-order valence-corrected chi connectivity index (χ3v) is 7.98. The van der Waals surface area contributed by atoms with E-state index >= 15 is 0 Å². The number of likely N-dealkylation sites (tertiary alicyclic amines) is 1. The zero-order valence-corrected chi connectivity index (χ0v) is 22.4. The first-order valence-electron chi connectivity index (χ1n) is 13.8. The molecular weight excluding hydrogens is 520 g/mol. The fraction of sp³-hybridized carbons (Fsp3) is 0.242. The van der Waals surface area contributed by atoms with E-state index in [0.29, 0.717) is 55.1 Å². The standard InChI is InChI=1S/C33H30N2O6/c36-32(24-19-23-7-1-4-10-27(23)34-20-24)13-16-35(17-14-32)18-15-33(37,40-30-21-38-28-11-5-2-8-25(28)30)41-31-22-39-29-12-6-3-9-26(29)31/h1-12,19-22,36-37H,13-18H2. The lowest BCUT2D eigenvalue weighted by atomic mass is 9.84. The average Bonchev–Trinajstić information content (AvgIpc) is 3.60. The van der Waals surface area contributed by atoms with E-state index in [1.165, 1.54) is 12.5 Å². The van der Waals surface area contributed by atoms with Crippen molar-refractivity contribution in [1.82, 2.24) is 9.88 Å². The predicted molar refractivity (Wildman–Crippen MR) is 155 cm³/mol. The molecule has 41 heavy (non-hydrogen) atoms. The van der Waals surface area contributed by atoms with Crippen molar-refractivity contribution >= 4 is 32.8 Å². The Morgan fingerprint density at radius 2 is 1.41 bits per heavy atom. The summed E-state index contributed by atoms with van der Waals surface area (Å²) >= 11 is 0. The van der Waals surface area contributed by atoms with Crippen molar-refractivity contribution in [1.29, 1.82) is 0 Å². The molecule has 0 aliphatic carbocycles. The highest BCUT2D eigenvalue weighted by Gasteiger charge is 2.38. The highest BCUT2D eigenvalue weighted by Crippen LogP contribution is 2.37. The van der Waals surface area contributed by atoms with Crippen molar-refractivity contribution in [3.05, 3.63) is 103 Å². The van der Waals surface area contributed by atoms with Crippen LogP contribution in [0, 0.1) is 0 Å². The first-order chi connectivity index (χ1) is 20.0. The molecule has 8 heteroatoms. The van der Waals surface area contributed by atoms with E-state index in [2.05, 4.69) is 9.88 Å². The van der Waals surface area contributed by atoms with Gasteiger partial charge in [0.25, 0.3) is 0 Å². The molecule has 4 heterocycles. The number of ether oxygens (including phenoxy) is 2. The maximum atomic E-state index is 11.8. The van der Waals surface area contributed by atoms with E-state index in [0.717, 1.165) is 27.2 Å². The SMILES string of the molecule is OC(CCN1CCC(O)(c2cnc3ccccc3c2)CC1)(Oc1coc2ccccc12)Oc1coc2ccccc12. The van der Waals surface area contributed by atoms with E-state index in [4.69, 9.17) is 18.3 Å². The van der Waals surface area contributed by atoms with Gasteiger partial charge in [-0.05, 0) is 49.2 Å². The molecule has 0 atom stereocenters. The van der Waals surface area contributed by atoms with Crippen molar-refractivity contribution in [2.24, 2.45) is 0 Å². The largest absolute Gasteiger partial charge is 0.460 e. The van der Waals surface area contributed by atoms with E-state index < -0.39 is 11.6 Å². The van der Waals surface area contributed by atoms with E-state index in [1.807, 2.05) is 78.9 Å². The Morgan fingerprint density at radius 3 is 2.07 bits per heavy atom. The van der Waals surface area contributed by atoms with Crippen LogP contribution in [0.15, 0.2) is 106 Å². The van der Waals surface area contributed by atoms with Crippen LogP contribution < -0.4 is 9.47 Å². The highest BCUT2D eigenvalue weighted by atomic mass is 16.8. The van der Waals surface area contributed by atoms with Crippen LogP contribution in [0.3, 0.4) is 0 Å². The molecule has 208 valence electrons. The van der Waals surface area contributed by atoms with Crippen LogP contribution in [0.2, 0.25) is 0 Å². The van der Waals surface area contributed by atoms with Crippen molar-refractivity contribution in [2.45, 2.75) is 30.8 Å². The molecule has 0 spiro atoms. The molecule has 0 amide bonds. The number of hydrogen-bond acceptors (Lipinski definition) is 8. The molecular formula is C33H30N2O6. The number of benzene rings is 3. The normalized spacial score (nSPS) is 16.0. The molecule has 6 aromatic rings. The Bertz CT molecular complexity index is 1740. The summed E-state index contributed by atoms with van der Waals surface area (Å²) in [6, 6.07) is 24.9. The van der Waals surface area contributed by atoms with Gasteiger partial charge in [0.05, 0.1) is 28.3 Å². The van der Waals surface area contributed by atoms with Crippen LogP contribution in [-0.2, 0) is 5.60 Å². The molecule has 2 N–H and O–H groups in total. The third kappa shape index (κ3) is 5.02. The number of rotatable bonds is 8. The molecule has 0 bridgehead atoms. The minimum Gasteiger partial charge on any atom is -0.460 e. The molecule has 0 unspecified atom stereocenters. The molecule has 0 saturated carbocycles. The minimum absolute atomic E-state index is 0.141. The van der Waals surface area contributed by atoms with Gasteiger partial charge in [-0.1, -0.05) is 42.5 Å². The lowest BCUT2D eigenvalue weighted by Gasteiger charge is -2.39. The van der Waals surface area contributed by atoms with Gasteiger partial charge >= 0.3 is 5.97 Å². The third-order valence-electron chi connectivity index (χ3n) is 7.98. The summed E-state index contributed by atoms with van der Waals surface area (Å²) in [7, 11) is 0. The van der Waals surface area contributed by atoms with Crippen LogP contribution >= 0.6 is 0 Å². The van der Waals surface area contributed by atoms with Crippen molar-refractivity contribution in [2.75, 3.05) is 19.6 Å². The zero-order valence-electron chi connectivity index (χ0n) is 22.4. The first kappa shape index (κ1) is 25.6. The Morgan fingerprint density at radius 1 is 0.829 bits per heavy atom. The fourth-order valence-electron chi connectivity index (χ4n) is 5.59. The predicted octanol–water partition coefficient (Wildman–Crippen LogP) is 6.20. The van der Waals surface area contributed by atoms with Gasteiger partial charge in [0, 0.05) is 36.8 Å². The maximum Gasteiger partial charge on any atom is 0.370 e. The van der Waals surface area contributed by atoms with E-state index in [-0.39, 0.29) is 6.42 Å². The number of furan rings is 2. The Labute approximate surface area is 236 Å². The second-order valence-corrected chi connectivity index (χ2v) is 10.6. The average molecular weight is 551 g/mol. The summed E-state index contributed by atoms with van der Waals surface area (Å²) in [5.74, 6) is -1.24. The Kier molecular flexibility index (Phi) is 6.38. The maximum absolute atomic E-state index is 11.8. The molecule has 1 aliphatic rings. The first-order valence-corrected chi connectivity index (χ1v) is 13.8. The van der Waals surface area contributed by atoms with Gasteiger partial charge in [-0.2, -0.15) is 0 Å². The van der Waals surface area contributed by atoms with Crippen molar-refractivity contribution in [3.63, 3.8) is 0 Å². The number of para-hydroxylation sites is 3. The number of piperidine rings is 1. The molecule has 3 aromatic carbocycles. The van der Waals surface area contributed by atoms with Gasteiger partial charge in [-0.25, -0.2) is 0 Å². The summed E-state index contributed by atoms with van der Waals surface area (Å²) in [4.78, 5) is 6.74. The van der Waals surface area contributed by atoms with E-state index in [1.54, 1.807) is 6.20 Å². The van der Waals surface area contributed by atoms with Crippen LogP contribution in [0.5, 0.6) is 11.5 Å². The summed E-state index contributed by atoms with van der Waals surface area (Å²) < 4.78 is 23.5. The zero-order chi connectivity index (χ0) is 27.9. The van der Waals surface area contributed by atoms with Crippen molar-refractivity contribution < 1.29 is 28.5 Å². The molecule has 1 aliphatic heterocycles. The summed E-state index contributed by atoms with van der Waals surface area (Å²) in [6.07, 6.45) is 5.97. The smallest absolute Gasteiger partial charge is 0.370 e. The molecule has 1 saturated heterocycles. The summed E-state index contributed by atoms with van der Waals surface area (Å²) in [5, 5.41) is 25.8. The van der Waals surface area contributed by atoms with Gasteiger partial charge < -0.3 is 33.4 Å². The number of nitrogens with zero attached hydrogens (tertiary/aromatic N) is 2. The topological polar surface area (TPSA) is 101 Å². The monoisotopic (exact) mass is 550 g/mol. The Balaban J connectivity index is 1.08. The number of aromatic nitrogens is 1. The highest BCUT2D eigenvalue weighted by molar-refractivity contribution is 5.85. The second kappa shape index (κ2) is 10.2. The number of hydrogen-bond donors (Lipinski definition) is 2. The summed E-state index contributed by atoms with van der Waals surface area (Å²) in [5.41, 5.74) is 2.08. The lowest BCUT2D eigenvalue weighted by Crippen LogP contribution is -2.48. The summed E-state index contributed by atoms with van der Waals surface area (Å²) in [6.45, 7) is 1.76. The van der Waals surface area contributed by atoms with Gasteiger partial charge in [0.15, 0.2) is 11.5 Å². The van der Waals surface area contributed by atoms with Crippen LogP contribution in [-0.4, -0.2) is 45.7 Å². The lowest BCUT2D eigenvalue weighted by molar-refractivity contribution is -0.277. The minimum atomic E-state index is -2.00. The molecule has 0 radical (unpaired) electrons. The van der Waals surface area contributed by atoms with E-state index in [9.17, 15) is 10.2 Å². The molecule has 7 rings (SSSR count). The molecule has 1 fully saturated rings. The quantitative estimate of drug-likeness (QED) is 0.216. The number of pyridine rings is 1. The molecule has 3 aromatic heterocycles. The second-order valence-electron chi connectivity index (χ2n) is 10.6. The van der Waals surface area contributed by atoms with Gasteiger partial charge in [-0.15, -0.1) is 0 Å². The molecule has 8 nitrogen and oxygen atoms in total. The van der Waals surface area contributed by atoms with Gasteiger partial charge in [0.1, 0.15) is 23.7 Å². The Hall–Kier alpha value is -4.37. The van der Waals surface area contributed by atoms with Gasteiger partial charge in [-0.3, -0.25) is 4.98 Å². The van der Waals surface area contributed by atoms with Crippen LogP contribution in [0.4, 0.5) is 0 Å². The van der Waals surface area contributed by atoms with Crippen LogP contribution in [0.1, 0.15) is 24.8 Å². The van der Waals surface area contributed by atoms with Crippen molar-refractivity contribution in [3.8, 4) is 11.5 Å². The van der Waals surface area contributed by atoms with Gasteiger partial charge in [0.2, 0.25) is 0 Å². The van der Waals surface area contributed by atoms with Crippen LogP contribution in [0.25, 0.3) is 32.8 Å².